The SMILES string of the molecule is O=C(O)C1Cn2cnnc2CN1C(=O)c1cccc(OC(F)F)c1. The molecule has 3 rings (SSSR count). The van der Waals surface area contributed by atoms with Crippen molar-refractivity contribution in [2.75, 3.05) is 0 Å². The van der Waals surface area contributed by atoms with Crippen LogP contribution < -0.4 is 4.74 Å². The number of amides is 1. The molecule has 2 aromatic rings. The highest BCUT2D eigenvalue weighted by molar-refractivity contribution is 5.97. The van der Waals surface area contributed by atoms with Crippen LogP contribution in [-0.4, -0.2) is 49.3 Å². The first-order valence-electron chi connectivity index (χ1n) is 6.91. The molecule has 0 radical (unpaired) electrons. The lowest BCUT2D eigenvalue weighted by atomic mass is 10.1. The lowest BCUT2D eigenvalue weighted by molar-refractivity contribution is -0.143. The molecule has 0 bridgehead atoms. The number of hydrogen-bond donors (Lipinski definition) is 1. The van der Waals surface area contributed by atoms with Gasteiger partial charge in [0, 0.05) is 5.56 Å². The first-order chi connectivity index (χ1) is 11.5. The fraction of sp³-hybridized carbons (Fsp3) is 0.286. The smallest absolute Gasteiger partial charge is 0.387 e. The Morgan fingerprint density at radius 3 is 2.88 bits per heavy atom. The molecular weight excluding hydrogens is 326 g/mol. The predicted octanol–water partition coefficient (Wildman–Crippen LogP) is 0.989. The summed E-state index contributed by atoms with van der Waals surface area (Å²) in [5.74, 6) is -1.53. The van der Waals surface area contributed by atoms with Gasteiger partial charge in [0.25, 0.3) is 5.91 Å². The van der Waals surface area contributed by atoms with Crippen LogP contribution in [0.5, 0.6) is 5.75 Å². The molecule has 1 aliphatic heterocycles. The van der Waals surface area contributed by atoms with Gasteiger partial charge in [-0.15, -0.1) is 10.2 Å². The number of alkyl halides is 2. The number of carboxylic acids is 1. The summed E-state index contributed by atoms with van der Waals surface area (Å²) in [4.78, 5) is 25.2. The Labute approximate surface area is 134 Å². The fourth-order valence-corrected chi connectivity index (χ4v) is 2.50. The number of carboxylic acid groups (broad SMARTS) is 1. The molecule has 0 spiro atoms. The van der Waals surface area contributed by atoms with Crippen molar-refractivity contribution in [2.24, 2.45) is 0 Å². The Bertz CT molecular complexity index is 780. The average molecular weight is 338 g/mol. The number of benzene rings is 1. The normalized spacial score (nSPS) is 16.8. The lowest BCUT2D eigenvalue weighted by Crippen LogP contribution is -2.50. The van der Waals surface area contributed by atoms with Crippen LogP contribution in [0.15, 0.2) is 30.6 Å². The Morgan fingerprint density at radius 1 is 1.38 bits per heavy atom. The predicted molar refractivity (Wildman–Crippen MR) is 74.4 cm³/mol. The van der Waals surface area contributed by atoms with Crippen molar-refractivity contribution in [3.8, 4) is 5.75 Å². The third kappa shape index (κ3) is 3.03. The third-order valence-corrected chi connectivity index (χ3v) is 3.61. The summed E-state index contributed by atoms with van der Waals surface area (Å²) in [7, 11) is 0. The first-order valence-corrected chi connectivity index (χ1v) is 6.91. The molecule has 1 N–H and O–H groups in total. The van der Waals surface area contributed by atoms with Crippen LogP contribution in [0.1, 0.15) is 16.2 Å². The number of carbonyl (C=O) groups is 2. The second-order valence-electron chi connectivity index (χ2n) is 5.09. The van der Waals surface area contributed by atoms with Crippen molar-refractivity contribution >= 4 is 11.9 Å². The largest absolute Gasteiger partial charge is 0.480 e. The second-order valence-corrected chi connectivity index (χ2v) is 5.09. The highest BCUT2D eigenvalue weighted by Gasteiger charge is 2.36. The van der Waals surface area contributed by atoms with Crippen molar-refractivity contribution in [3.63, 3.8) is 0 Å². The van der Waals surface area contributed by atoms with Crippen LogP contribution in [0.25, 0.3) is 0 Å². The van der Waals surface area contributed by atoms with E-state index in [1.54, 1.807) is 4.57 Å². The number of aromatic nitrogens is 3. The van der Waals surface area contributed by atoms with Crippen molar-refractivity contribution in [1.82, 2.24) is 19.7 Å². The molecule has 126 valence electrons. The number of nitrogens with zero attached hydrogens (tertiary/aromatic N) is 4. The standard InChI is InChI=1S/C14H12F2N4O4/c15-14(16)24-9-3-1-2-8(4-9)12(21)20-6-11-18-17-7-19(11)5-10(20)13(22)23/h1-4,7,10,14H,5-6H2,(H,22,23). The van der Waals surface area contributed by atoms with Crippen LogP contribution in [0, 0.1) is 0 Å². The van der Waals surface area contributed by atoms with Crippen LogP contribution in [0.3, 0.4) is 0 Å². The molecule has 1 unspecified atom stereocenters. The molecule has 1 atom stereocenters. The van der Waals surface area contributed by atoms with Crippen LogP contribution in [-0.2, 0) is 17.9 Å². The van der Waals surface area contributed by atoms with E-state index in [4.69, 9.17) is 0 Å². The molecule has 1 aromatic carbocycles. The van der Waals surface area contributed by atoms with Gasteiger partial charge in [0.2, 0.25) is 0 Å². The van der Waals surface area contributed by atoms with E-state index in [0.717, 1.165) is 11.0 Å². The van der Waals surface area contributed by atoms with Crippen LogP contribution in [0.4, 0.5) is 8.78 Å². The van der Waals surface area contributed by atoms with Gasteiger partial charge in [-0.05, 0) is 18.2 Å². The molecule has 10 heteroatoms. The summed E-state index contributed by atoms with van der Waals surface area (Å²) in [6.07, 6.45) is 1.39. The van der Waals surface area contributed by atoms with Gasteiger partial charge in [-0.3, -0.25) is 4.79 Å². The Morgan fingerprint density at radius 2 is 2.17 bits per heavy atom. The minimum absolute atomic E-state index is 0.0105. The number of carbonyl (C=O) groups excluding carboxylic acids is 1. The second kappa shape index (κ2) is 6.22. The lowest BCUT2D eigenvalue weighted by Gasteiger charge is -2.33. The minimum atomic E-state index is -3.02. The molecule has 0 aliphatic carbocycles. The summed E-state index contributed by atoms with van der Waals surface area (Å²) in [6.45, 7) is -3.05. The zero-order valence-corrected chi connectivity index (χ0v) is 12.2. The number of ether oxygens (including phenoxy) is 1. The zero-order chi connectivity index (χ0) is 17.3. The average Bonchev–Trinajstić information content (AvgIpc) is 3.00. The van der Waals surface area contributed by atoms with E-state index in [0.29, 0.717) is 5.82 Å². The van der Waals surface area contributed by atoms with Crippen molar-refractivity contribution < 1.29 is 28.2 Å². The molecule has 24 heavy (non-hydrogen) atoms. The van der Waals surface area contributed by atoms with E-state index >= 15 is 0 Å². The number of hydrogen-bond acceptors (Lipinski definition) is 5. The van der Waals surface area contributed by atoms with Gasteiger partial charge in [0.15, 0.2) is 5.82 Å². The van der Waals surface area contributed by atoms with Gasteiger partial charge in [0.1, 0.15) is 18.1 Å². The number of halogens is 2. The molecule has 1 aromatic heterocycles. The van der Waals surface area contributed by atoms with Gasteiger partial charge in [-0.25, -0.2) is 4.79 Å². The van der Waals surface area contributed by atoms with E-state index in [9.17, 15) is 23.5 Å². The highest BCUT2D eigenvalue weighted by atomic mass is 19.3. The highest BCUT2D eigenvalue weighted by Crippen LogP contribution is 2.22. The van der Waals surface area contributed by atoms with Gasteiger partial charge < -0.3 is 19.3 Å². The first kappa shape index (κ1) is 15.8. The number of aliphatic carboxylic acids is 1. The Hall–Kier alpha value is -3.04. The van der Waals surface area contributed by atoms with Crippen molar-refractivity contribution in [1.29, 1.82) is 0 Å². The Kier molecular flexibility index (Phi) is 4.11. The molecule has 8 nitrogen and oxygen atoms in total. The fourth-order valence-electron chi connectivity index (χ4n) is 2.50. The van der Waals surface area contributed by atoms with Gasteiger partial charge in [-0.1, -0.05) is 6.07 Å². The molecule has 0 fully saturated rings. The number of fused-ring (bicyclic) bond motifs is 1. The summed E-state index contributed by atoms with van der Waals surface area (Å²) in [5.41, 5.74) is 0.0485. The number of rotatable bonds is 4. The van der Waals surface area contributed by atoms with Gasteiger partial charge in [-0.2, -0.15) is 8.78 Å². The van der Waals surface area contributed by atoms with Gasteiger partial charge >= 0.3 is 12.6 Å². The summed E-state index contributed by atoms with van der Waals surface area (Å²) < 4.78 is 30.4. The molecule has 0 saturated carbocycles. The summed E-state index contributed by atoms with van der Waals surface area (Å²) >= 11 is 0. The van der Waals surface area contributed by atoms with Gasteiger partial charge in [0.05, 0.1) is 13.1 Å². The zero-order valence-electron chi connectivity index (χ0n) is 12.2. The van der Waals surface area contributed by atoms with Crippen molar-refractivity contribution in [3.05, 3.63) is 42.0 Å². The summed E-state index contributed by atoms with van der Waals surface area (Å²) in [6, 6.07) is 4.10. The van der Waals surface area contributed by atoms with Crippen molar-refractivity contribution in [2.45, 2.75) is 25.7 Å². The van der Waals surface area contributed by atoms with E-state index < -0.39 is 24.5 Å². The molecule has 0 saturated heterocycles. The Balaban J connectivity index is 1.89. The minimum Gasteiger partial charge on any atom is -0.480 e. The molecule has 2 heterocycles. The van der Waals surface area contributed by atoms with Crippen LogP contribution in [0.2, 0.25) is 0 Å². The topological polar surface area (TPSA) is 97.5 Å². The molecular formula is C14H12F2N4O4. The maximum Gasteiger partial charge on any atom is 0.387 e. The quantitative estimate of drug-likeness (QED) is 0.893. The maximum absolute atomic E-state index is 12.6. The molecule has 1 aliphatic rings. The van der Waals surface area contributed by atoms with Crippen LogP contribution >= 0.6 is 0 Å². The summed E-state index contributed by atoms with van der Waals surface area (Å²) in [5, 5.41) is 16.9. The monoisotopic (exact) mass is 338 g/mol. The maximum atomic E-state index is 12.6. The van der Waals surface area contributed by atoms with E-state index in [-0.39, 0.29) is 24.4 Å². The van der Waals surface area contributed by atoms with E-state index in [1.165, 1.54) is 24.5 Å². The third-order valence-electron chi connectivity index (χ3n) is 3.61. The molecule has 1 amide bonds. The van der Waals surface area contributed by atoms with E-state index in [1.807, 2.05) is 0 Å². The van der Waals surface area contributed by atoms with E-state index in [2.05, 4.69) is 14.9 Å².